The van der Waals surface area contributed by atoms with Crippen molar-refractivity contribution in [1.82, 2.24) is 19.6 Å². The number of carbonyl (C=O) groups is 1. The van der Waals surface area contributed by atoms with Gasteiger partial charge in [-0.05, 0) is 68.5 Å². The van der Waals surface area contributed by atoms with Crippen LogP contribution in [-0.2, 0) is 12.0 Å². The first-order valence-electron chi connectivity index (χ1n) is 13.0. The molecule has 0 aromatic carbocycles. The first kappa shape index (κ1) is 25.1. The van der Waals surface area contributed by atoms with Gasteiger partial charge in [-0.15, -0.1) is 0 Å². The molecule has 0 spiro atoms. The molecule has 3 aromatic rings. The number of carbonyl (C=O) groups excluding carboxylic acids is 1. The number of pyridine rings is 3. The Kier molecular flexibility index (Phi) is 6.84. The molecule has 3 aromatic heterocycles. The molecule has 2 fully saturated rings. The van der Waals surface area contributed by atoms with E-state index in [-0.39, 0.29) is 17.2 Å². The molecule has 1 saturated heterocycles. The number of aromatic nitrogens is 2. The van der Waals surface area contributed by atoms with E-state index >= 15 is 0 Å². The fraction of sp³-hybridized carbons (Fsp3) is 0.448. The topological polar surface area (TPSA) is 111 Å². The first-order valence-corrected chi connectivity index (χ1v) is 13.0. The number of hydrogen-bond acceptors (Lipinski definition) is 6. The Bertz CT molecular complexity index is 1380. The van der Waals surface area contributed by atoms with E-state index in [9.17, 15) is 20.0 Å². The Morgan fingerprint density at radius 3 is 2.68 bits per heavy atom. The molecule has 2 atom stereocenters. The average molecular weight is 500 g/mol. The van der Waals surface area contributed by atoms with Crippen LogP contribution < -0.4 is 10.9 Å². The van der Waals surface area contributed by atoms with Gasteiger partial charge >= 0.3 is 0 Å². The number of piperidine rings is 1. The number of amides is 1. The maximum absolute atomic E-state index is 13.3. The van der Waals surface area contributed by atoms with Crippen LogP contribution in [0.4, 0.5) is 0 Å². The van der Waals surface area contributed by atoms with Gasteiger partial charge in [-0.3, -0.25) is 23.9 Å². The summed E-state index contributed by atoms with van der Waals surface area (Å²) in [6.07, 6.45) is 7.90. The average Bonchev–Trinajstić information content (AvgIpc) is 2.92. The Morgan fingerprint density at radius 1 is 1.19 bits per heavy atom. The summed E-state index contributed by atoms with van der Waals surface area (Å²) in [6.45, 7) is 3.71. The quantitative estimate of drug-likeness (QED) is 0.558. The highest BCUT2D eigenvalue weighted by molar-refractivity contribution is 5.95. The second-order valence-corrected chi connectivity index (χ2v) is 10.7. The van der Waals surface area contributed by atoms with Gasteiger partial charge in [0.15, 0.2) is 0 Å². The molecular weight excluding hydrogens is 466 g/mol. The maximum atomic E-state index is 13.3. The minimum absolute atomic E-state index is 0.0805. The highest BCUT2D eigenvalue weighted by Crippen LogP contribution is 2.34. The molecule has 0 unspecified atom stereocenters. The molecule has 1 aliphatic heterocycles. The number of aliphatic hydroxyl groups is 1. The van der Waals surface area contributed by atoms with E-state index in [1.807, 2.05) is 30.3 Å². The molecule has 8 heteroatoms. The predicted molar refractivity (Wildman–Crippen MR) is 140 cm³/mol. The smallest absolute Gasteiger partial charge is 0.267 e. The van der Waals surface area contributed by atoms with Crippen molar-refractivity contribution in [2.24, 2.45) is 0 Å². The Morgan fingerprint density at radius 2 is 1.97 bits per heavy atom. The molecule has 37 heavy (non-hydrogen) atoms. The zero-order valence-electron chi connectivity index (χ0n) is 21.2. The van der Waals surface area contributed by atoms with Gasteiger partial charge in [0.05, 0.1) is 28.9 Å². The van der Waals surface area contributed by atoms with Crippen molar-refractivity contribution in [3.05, 3.63) is 82.0 Å². The molecule has 0 bridgehead atoms. The highest BCUT2D eigenvalue weighted by Gasteiger charge is 2.38. The standard InChI is InChI=1S/C29H33N5O3/c1-28(37)11-5-2-9-24(28)32-26(35)22-18-21(23-8-4-7-15-34(23)27(22)36)19-33-16-12-29(20-30,13-17-33)25-10-3-6-14-31-25/h3-4,6-8,10,14-15,18,24,37H,2,5,9,11-13,16-17,19H2,1H3,(H,32,35)/t24-,28-/m1/s1. The first-order chi connectivity index (χ1) is 17.8. The van der Waals surface area contributed by atoms with Crippen LogP contribution in [0.5, 0.6) is 0 Å². The van der Waals surface area contributed by atoms with E-state index in [1.54, 1.807) is 31.5 Å². The van der Waals surface area contributed by atoms with Gasteiger partial charge in [0.2, 0.25) is 0 Å². The third-order valence-electron chi connectivity index (χ3n) is 8.16. The van der Waals surface area contributed by atoms with Crippen LogP contribution in [0.2, 0.25) is 0 Å². The van der Waals surface area contributed by atoms with Gasteiger partial charge < -0.3 is 10.4 Å². The van der Waals surface area contributed by atoms with Gasteiger partial charge in [0, 0.05) is 32.0 Å². The van der Waals surface area contributed by atoms with Crippen LogP contribution in [0, 0.1) is 11.3 Å². The normalized spacial score (nSPS) is 23.9. The number of nitrogens with one attached hydrogen (secondary N) is 1. The van der Waals surface area contributed by atoms with Crippen LogP contribution >= 0.6 is 0 Å². The largest absolute Gasteiger partial charge is 0.388 e. The van der Waals surface area contributed by atoms with Crippen LogP contribution in [0.15, 0.2) is 59.7 Å². The number of rotatable bonds is 5. The molecule has 2 N–H and O–H groups in total. The summed E-state index contributed by atoms with van der Waals surface area (Å²) in [6, 6.07) is 15.1. The minimum atomic E-state index is -0.988. The van der Waals surface area contributed by atoms with Crippen molar-refractivity contribution in [2.75, 3.05) is 13.1 Å². The summed E-state index contributed by atoms with van der Waals surface area (Å²) < 4.78 is 1.53. The van der Waals surface area contributed by atoms with E-state index in [1.165, 1.54) is 4.40 Å². The van der Waals surface area contributed by atoms with Gasteiger partial charge in [-0.2, -0.15) is 5.26 Å². The molecule has 192 valence electrons. The minimum Gasteiger partial charge on any atom is -0.388 e. The van der Waals surface area contributed by atoms with Gasteiger partial charge in [0.1, 0.15) is 11.0 Å². The zero-order chi connectivity index (χ0) is 26.0. The van der Waals surface area contributed by atoms with Crippen molar-refractivity contribution in [1.29, 1.82) is 5.26 Å². The lowest BCUT2D eigenvalue weighted by molar-refractivity contribution is -0.00864. The summed E-state index contributed by atoms with van der Waals surface area (Å²) >= 11 is 0. The van der Waals surface area contributed by atoms with E-state index in [0.717, 1.165) is 29.6 Å². The molecule has 1 aliphatic carbocycles. The fourth-order valence-electron chi connectivity index (χ4n) is 5.80. The summed E-state index contributed by atoms with van der Waals surface area (Å²) in [5, 5.41) is 23.7. The van der Waals surface area contributed by atoms with Crippen LogP contribution in [0.25, 0.3) is 5.52 Å². The van der Waals surface area contributed by atoms with Gasteiger partial charge in [-0.25, -0.2) is 0 Å². The number of nitriles is 1. The molecule has 2 aliphatic rings. The number of fused-ring (bicyclic) bond motifs is 1. The second-order valence-electron chi connectivity index (χ2n) is 10.7. The number of nitrogens with zero attached hydrogens (tertiary/aromatic N) is 4. The van der Waals surface area contributed by atoms with E-state index < -0.39 is 16.9 Å². The van der Waals surface area contributed by atoms with Crippen molar-refractivity contribution >= 4 is 11.4 Å². The third kappa shape index (κ3) is 4.89. The lowest BCUT2D eigenvalue weighted by Crippen LogP contribution is -2.53. The summed E-state index contributed by atoms with van der Waals surface area (Å²) in [5.41, 5.74) is 0.569. The summed E-state index contributed by atoms with van der Waals surface area (Å²) in [7, 11) is 0. The molecule has 8 nitrogen and oxygen atoms in total. The molecular formula is C29H33N5O3. The SMILES string of the molecule is C[C@@]1(O)CCCC[C@H]1NC(=O)c1cc(CN2CCC(C#N)(c3ccccn3)CC2)c2ccccn2c1=O. The Labute approximate surface area is 216 Å². The molecule has 1 saturated carbocycles. The van der Waals surface area contributed by atoms with Crippen LogP contribution in [0.3, 0.4) is 0 Å². The maximum Gasteiger partial charge on any atom is 0.267 e. The van der Waals surface area contributed by atoms with Crippen LogP contribution in [-0.4, -0.2) is 50.0 Å². The number of hydrogen-bond donors (Lipinski definition) is 2. The van der Waals surface area contributed by atoms with Crippen molar-refractivity contribution in [3.63, 3.8) is 0 Å². The van der Waals surface area contributed by atoms with Gasteiger partial charge in [-0.1, -0.05) is 25.0 Å². The summed E-state index contributed by atoms with van der Waals surface area (Å²) in [4.78, 5) is 33.3. The fourth-order valence-corrected chi connectivity index (χ4v) is 5.80. The van der Waals surface area contributed by atoms with E-state index in [4.69, 9.17) is 0 Å². The molecule has 5 rings (SSSR count). The number of likely N-dealkylation sites (tertiary alicyclic amines) is 1. The summed E-state index contributed by atoms with van der Waals surface area (Å²) in [5.74, 6) is -0.450. The lowest BCUT2D eigenvalue weighted by Gasteiger charge is -2.37. The van der Waals surface area contributed by atoms with Gasteiger partial charge in [0.25, 0.3) is 11.5 Å². The lowest BCUT2D eigenvalue weighted by atomic mass is 9.76. The monoisotopic (exact) mass is 499 g/mol. The van der Waals surface area contributed by atoms with Crippen molar-refractivity contribution < 1.29 is 9.90 Å². The Balaban J connectivity index is 1.40. The molecule has 0 radical (unpaired) electrons. The second kappa shape index (κ2) is 10.1. The predicted octanol–water partition coefficient (Wildman–Crippen LogP) is 3.18. The van der Waals surface area contributed by atoms with E-state index in [2.05, 4.69) is 21.3 Å². The molecule has 1 amide bonds. The zero-order valence-corrected chi connectivity index (χ0v) is 21.2. The Hall–Kier alpha value is -3.54. The van der Waals surface area contributed by atoms with Crippen LogP contribution in [0.1, 0.15) is 67.1 Å². The molecule has 4 heterocycles. The third-order valence-corrected chi connectivity index (χ3v) is 8.16. The van der Waals surface area contributed by atoms with Crippen molar-refractivity contribution in [3.8, 4) is 6.07 Å². The van der Waals surface area contributed by atoms with Crippen molar-refractivity contribution in [2.45, 2.75) is 69.1 Å². The highest BCUT2D eigenvalue weighted by atomic mass is 16.3. The van der Waals surface area contributed by atoms with E-state index in [0.29, 0.717) is 45.3 Å².